The minimum Gasteiger partial charge on any atom is -0.506 e. The summed E-state index contributed by atoms with van der Waals surface area (Å²) in [6.07, 6.45) is 1.66. The number of hydrogen-bond acceptors (Lipinski definition) is 3. The Morgan fingerprint density at radius 2 is 2.07 bits per heavy atom. The van der Waals surface area contributed by atoms with Crippen molar-refractivity contribution in [1.82, 2.24) is 4.98 Å². The van der Waals surface area contributed by atoms with Gasteiger partial charge in [0.2, 0.25) is 0 Å². The minimum absolute atomic E-state index is 0. The molecule has 0 amide bonds. The molecular weight excluding hydrogens is 200 g/mol. The van der Waals surface area contributed by atoms with Gasteiger partial charge >= 0.3 is 0 Å². The van der Waals surface area contributed by atoms with E-state index in [0.717, 1.165) is 10.9 Å². The highest BCUT2D eigenvalue weighted by Gasteiger charge is 2.03. The molecule has 1 heterocycles. The van der Waals surface area contributed by atoms with E-state index >= 15 is 0 Å². The quantitative estimate of drug-likeness (QED) is 0.755. The van der Waals surface area contributed by atoms with E-state index in [-0.39, 0.29) is 18.2 Å². The average molecular weight is 211 g/mol. The molecule has 0 aliphatic carbocycles. The Morgan fingerprint density at radius 1 is 1.29 bits per heavy atom. The lowest BCUT2D eigenvalue weighted by molar-refractivity contribution is 0.480. The van der Waals surface area contributed by atoms with Crippen molar-refractivity contribution in [3.8, 4) is 5.75 Å². The van der Waals surface area contributed by atoms with Crippen LogP contribution in [0.4, 0.5) is 0 Å². The van der Waals surface area contributed by atoms with E-state index in [0.29, 0.717) is 12.1 Å². The Labute approximate surface area is 88.0 Å². The second kappa shape index (κ2) is 4.26. The number of halogens is 1. The van der Waals surface area contributed by atoms with Gasteiger partial charge < -0.3 is 10.8 Å². The summed E-state index contributed by atoms with van der Waals surface area (Å²) >= 11 is 0. The monoisotopic (exact) mass is 210 g/mol. The zero-order valence-corrected chi connectivity index (χ0v) is 8.29. The standard InChI is InChI=1S/C10H10N2O.ClH/c11-6-7-3-4-9(13)10-8(7)2-1-5-12-10;/h1-5,13H,6,11H2;1H. The van der Waals surface area contributed by atoms with Crippen molar-refractivity contribution in [3.05, 3.63) is 36.0 Å². The van der Waals surface area contributed by atoms with Crippen molar-refractivity contribution < 1.29 is 5.11 Å². The van der Waals surface area contributed by atoms with Crippen LogP contribution in [0.15, 0.2) is 30.5 Å². The van der Waals surface area contributed by atoms with Crippen LogP contribution in [-0.4, -0.2) is 10.1 Å². The number of pyridine rings is 1. The van der Waals surface area contributed by atoms with E-state index in [1.165, 1.54) is 0 Å². The van der Waals surface area contributed by atoms with Crippen molar-refractivity contribution in [2.45, 2.75) is 6.54 Å². The van der Waals surface area contributed by atoms with Crippen LogP contribution in [0, 0.1) is 0 Å². The molecule has 0 radical (unpaired) electrons. The zero-order valence-electron chi connectivity index (χ0n) is 7.47. The summed E-state index contributed by atoms with van der Waals surface area (Å²) in [5.41, 5.74) is 7.17. The molecule has 2 rings (SSSR count). The SMILES string of the molecule is Cl.NCc1ccc(O)c2ncccc12. The first-order valence-corrected chi connectivity index (χ1v) is 4.08. The number of phenolic OH excluding ortho intramolecular Hbond substituents is 1. The summed E-state index contributed by atoms with van der Waals surface area (Å²) in [6.45, 7) is 0.461. The molecule has 0 aliphatic heterocycles. The third-order valence-corrected chi connectivity index (χ3v) is 2.06. The van der Waals surface area contributed by atoms with Gasteiger partial charge in [0.15, 0.2) is 0 Å². The fourth-order valence-electron chi connectivity index (χ4n) is 1.39. The number of hydrogen-bond donors (Lipinski definition) is 2. The van der Waals surface area contributed by atoms with Crippen LogP contribution in [0.3, 0.4) is 0 Å². The van der Waals surface area contributed by atoms with Crippen molar-refractivity contribution in [2.75, 3.05) is 0 Å². The van der Waals surface area contributed by atoms with Gasteiger partial charge in [-0.3, -0.25) is 4.98 Å². The maximum atomic E-state index is 9.49. The Bertz CT molecular complexity index is 445. The lowest BCUT2D eigenvalue weighted by Crippen LogP contribution is -1.97. The van der Waals surface area contributed by atoms with E-state index in [4.69, 9.17) is 5.73 Å². The molecule has 0 aliphatic rings. The Morgan fingerprint density at radius 3 is 2.79 bits per heavy atom. The first kappa shape index (κ1) is 10.8. The van der Waals surface area contributed by atoms with E-state index in [1.54, 1.807) is 12.3 Å². The normalized spacial score (nSPS) is 9.79. The molecule has 3 N–H and O–H groups in total. The molecule has 0 fully saturated rings. The molecule has 3 nitrogen and oxygen atoms in total. The maximum Gasteiger partial charge on any atom is 0.141 e. The van der Waals surface area contributed by atoms with Crippen LogP contribution < -0.4 is 5.73 Å². The number of phenols is 1. The molecule has 0 saturated carbocycles. The molecule has 1 aromatic carbocycles. The summed E-state index contributed by atoms with van der Waals surface area (Å²) in [4.78, 5) is 4.08. The number of aromatic hydroxyl groups is 1. The van der Waals surface area contributed by atoms with Crippen LogP contribution in [0.5, 0.6) is 5.75 Å². The number of nitrogens with zero attached hydrogens (tertiary/aromatic N) is 1. The zero-order chi connectivity index (χ0) is 9.26. The maximum absolute atomic E-state index is 9.49. The van der Waals surface area contributed by atoms with Crippen molar-refractivity contribution in [1.29, 1.82) is 0 Å². The first-order valence-electron chi connectivity index (χ1n) is 4.08. The fourth-order valence-corrected chi connectivity index (χ4v) is 1.39. The number of fused-ring (bicyclic) bond motifs is 1. The van der Waals surface area contributed by atoms with Gasteiger partial charge in [0.1, 0.15) is 11.3 Å². The molecule has 0 saturated heterocycles. The Kier molecular flexibility index (Phi) is 3.28. The highest BCUT2D eigenvalue weighted by Crippen LogP contribution is 2.24. The Balaban J connectivity index is 0.000000980. The smallest absolute Gasteiger partial charge is 0.141 e. The van der Waals surface area contributed by atoms with Gasteiger partial charge in [0.25, 0.3) is 0 Å². The van der Waals surface area contributed by atoms with E-state index in [9.17, 15) is 5.11 Å². The molecule has 2 aromatic rings. The van der Waals surface area contributed by atoms with Gasteiger partial charge in [0, 0.05) is 18.1 Å². The summed E-state index contributed by atoms with van der Waals surface area (Å²) in [5.74, 6) is 0.202. The van der Waals surface area contributed by atoms with Gasteiger partial charge in [-0.2, -0.15) is 0 Å². The molecule has 1 aromatic heterocycles. The van der Waals surface area contributed by atoms with Crippen LogP contribution in [0.25, 0.3) is 10.9 Å². The molecule has 0 spiro atoms. The number of nitrogens with two attached hydrogens (primary N) is 1. The second-order valence-electron chi connectivity index (χ2n) is 2.85. The summed E-state index contributed by atoms with van der Waals surface area (Å²) < 4.78 is 0. The average Bonchev–Trinajstić information content (AvgIpc) is 2.19. The van der Waals surface area contributed by atoms with E-state index < -0.39 is 0 Å². The lowest BCUT2D eigenvalue weighted by atomic mass is 10.1. The van der Waals surface area contributed by atoms with E-state index in [2.05, 4.69) is 4.98 Å². The fraction of sp³-hybridized carbons (Fsp3) is 0.100. The lowest BCUT2D eigenvalue weighted by Gasteiger charge is -2.04. The minimum atomic E-state index is 0. The summed E-state index contributed by atoms with van der Waals surface area (Å²) in [7, 11) is 0. The second-order valence-corrected chi connectivity index (χ2v) is 2.85. The van der Waals surface area contributed by atoms with Gasteiger partial charge in [-0.05, 0) is 17.7 Å². The molecule has 0 atom stereocenters. The summed E-state index contributed by atoms with van der Waals surface area (Å²) in [6, 6.07) is 7.18. The summed E-state index contributed by atoms with van der Waals surface area (Å²) in [5, 5.41) is 10.4. The van der Waals surface area contributed by atoms with Crippen LogP contribution in [-0.2, 0) is 6.54 Å². The van der Waals surface area contributed by atoms with E-state index in [1.807, 2.05) is 18.2 Å². The number of benzene rings is 1. The van der Waals surface area contributed by atoms with Crippen LogP contribution >= 0.6 is 12.4 Å². The van der Waals surface area contributed by atoms with Gasteiger partial charge in [0.05, 0.1) is 0 Å². The molecule has 0 bridgehead atoms. The molecule has 74 valence electrons. The Hall–Kier alpha value is -1.32. The van der Waals surface area contributed by atoms with Gasteiger partial charge in [-0.15, -0.1) is 12.4 Å². The highest BCUT2D eigenvalue weighted by molar-refractivity contribution is 5.87. The largest absolute Gasteiger partial charge is 0.506 e. The van der Waals surface area contributed by atoms with Crippen LogP contribution in [0.2, 0.25) is 0 Å². The highest BCUT2D eigenvalue weighted by atomic mass is 35.5. The number of rotatable bonds is 1. The molecular formula is C10H11ClN2O. The van der Waals surface area contributed by atoms with Gasteiger partial charge in [-0.25, -0.2) is 0 Å². The van der Waals surface area contributed by atoms with Gasteiger partial charge in [-0.1, -0.05) is 12.1 Å². The molecule has 14 heavy (non-hydrogen) atoms. The topological polar surface area (TPSA) is 59.1 Å². The van der Waals surface area contributed by atoms with Crippen LogP contribution in [0.1, 0.15) is 5.56 Å². The van der Waals surface area contributed by atoms with Crippen molar-refractivity contribution in [2.24, 2.45) is 5.73 Å². The van der Waals surface area contributed by atoms with Crippen molar-refractivity contribution >= 4 is 23.3 Å². The number of aromatic nitrogens is 1. The predicted octanol–water partition coefficient (Wildman–Crippen LogP) is 1.82. The predicted molar refractivity (Wildman–Crippen MR) is 58.5 cm³/mol. The van der Waals surface area contributed by atoms with Crippen molar-refractivity contribution in [3.63, 3.8) is 0 Å². The third kappa shape index (κ3) is 1.64. The molecule has 4 heteroatoms. The third-order valence-electron chi connectivity index (χ3n) is 2.06. The first-order chi connectivity index (χ1) is 6.33. The molecule has 0 unspecified atom stereocenters.